The molecule has 0 aliphatic rings. The van der Waals surface area contributed by atoms with Crippen molar-refractivity contribution in [3.05, 3.63) is 0 Å². The van der Waals surface area contributed by atoms with Crippen LogP contribution in [0.4, 0.5) is 0 Å². The highest BCUT2D eigenvalue weighted by atomic mass is 16.5. The lowest BCUT2D eigenvalue weighted by Gasteiger charge is -2.13. The molecule has 0 radical (unpaired) electrons. The van der Waals surface area contributed by atoms with Gasteiger partial charge in [-0.15, -0.1) is 0 Å². The first-order valence-electron chi connectivity index (χ1n) is 5.10. The Kier molecular flexibility index (Phi) is 7.70. The molecule has 1 amide bonds. The Labute approximate surface area is 99.1 Å². The van der Waals surface area contributed by atoms with Gasteiger partial charge in [-0.2, -0.15) is 0 Å². The smallest absolute Gasteiger partial charge is 0.330 e. The zero-order valence-corrected chi connectivity index (χ0v) is 9.89. The van der Waals surface area contributed by atoms with E-state index >= 15 is 0 Å². The third-order valence-corrected chi connectivity index (χ3v) is 2.02. The second kappa shape index (κ2) is 8.51. The zero-order valence-electron chi connectivity index (χ0n) is 9.89. The highest BCUT2D eigenvalue weighted by Crippen LogP contribution is 1.98. The summed E-state index contributed by atoms with van der Waals surface area (Å²) in [5.74, 6) is -1.54. The largest absolute Gasteiger partial charge is 0.469 e. The molecule has 0 aliphatic carbocycles. The lowest BCUT2D eigenvalue weighted by Crippen LogP contribution is -2.43. The van der Waals surface area contributed by atoms with Crippen LogP contribution in [0.5, 0.6) is 0 Å². The fraction of sp³-hybridized carbons (Fsp3) is 0.700. The second-order valence-corrected chi connectivity index (χ2v) is 3.26. The molecule has 7 nitrogen and oxygen atoms in total. The van der Waals surface area contributed by atoms with E-state index in [1.54, 1.807) is 0 Å². The van der Waals surface area contributed by atoms with Crippen LogP contribution in [-0.4, -0.2) is 49.8 Å². The van der Waals surface area contributed by atoms with Gasteiger partial charge in [0.15, 0.2) is 6.04 Å². The topological polar surface area (TPSA) is 102 Å². The van der Waals surface area contributed by atoms with E-state index in [9.17, 15) is 14.4 Å². The van der Waals surface area contributed by atoms with Crippen molar-refractivity contribution in [1.29, 1.82) is 0 Å². The molecule has 1 atom stereocenters. The summed E-state index contributed by atoms with van der Waals surface area (Å²) in [6.45, 7) is -0.532. The molecule has 0 fully saturated rings. The molecule has 0 aromatic carbocycles. The van der Waals surface area contributed by atoms with E-state index in [0.29, 0.717) is 6.42 Å². The maximum Gasteiger partial charge on any atom is 0.330 e. The molecule has 0 aromatic rings. The summed E-state index contributed by atoms with van der Waals surface area (Å²) in [6.07, 6.45) is 0.520. The molecule has 0 rings (SSSR count). The van der Waals surface area contributed by atoms with E-state index in [4.69, 9.17) is 5.11 Å². The fourth-order valence-corrected chi connectivity index (χ4v) is 1.08. The predicted octanol–water partition coefficient (Wildman–Crippen LogP) is -1.02. The Morgan fingerprint density at radius 3 is 2.29 bits per heavy atom. The molecular weight excluding hydrogens is 230 g/mol. The van der Waals surface area contributed by atoms with Crippen molar-refractivity contribution in [2.24, 2.45) is 0 Å². The molecule has 0 aliphatic heterocycles. The standard InChI is InChI=1S/C10H17NO6/c1-16-9(14)5-3-4-8(13)11-7(6-12)10(15)17-2/h7,12H,3-6H2,1-2H3,(H,11,13)/t7-/m0/s1. The van der Waals surface area contributed by atoms with Gasteiger partial charge < -0.3 is 19.9 Å². The third kappa shape index (κ3) is 6.52. The lowest BCUT2D eigenvalue weighted by atomic mass is 10.2. The number of aliphatic hydroxyl groups excluding tert-OH is 1. The van der Waals surface area contributed by atoms with Gasteiger partial charge in [-0.3, -0.25) is 9.59 Å². The number of amides is 1. The molecule has 7 heteroatoms. The maximum atomic E-state index is 11.3. The first-order valence-corrected chi connectivity index (χ1v) is 5.10. The van der Waals surface area contributed by atoms with E-state index < -0.39 is 30.5 Å². The van der Waals surface area contributed by atoms with Crippen molar-refractivity contribution in [3.63, 3.8) is 0 Å². The van der Waals surface area contributed by atoms with Crippen LogP contribution < -0.4 is 5.32 Å². The average Bonchev–Trinajstić information content (AvgIpc) is 2.34. The summed E-state index contributed by atoms with van der Waals surface area (Å²) in [6, 6.07) is -1.06. The normalized spacial score (nSPS) is 11.5. The van der Waals surface area contributed by atoms with Gasteiger partial charge in [0.2, 0.25) is 5.91 Å². The van der Waals surface area contributed by atoms with Gasteiger partial charge in [0.25, 0.3) is 0 Å². The molecular formula is C10H17NO6. The van der Waals surface area contributed by atoms with Gasteiger partial charge >= 0.3 is 11.9 Å². The highest BCUT2D eigenvalue weighted by Gasteiger charge is 2.20. The molecule has 17 heavy (non-hydrogen) atoms. The Bertz CT molecular complexity index is 278. The van der Waals surface area contributed by atoms with Gasteiger partial charge in [-0.1, -0.05) is 0 Å². The summed E-state index contributed by atoms with van der Waals surface area (Å²) in [5.41, 5.74) is 0. The summed E-state index contributed by atoms with van der Waals surface area (Å²) < 4.78 is 8.78. The van der Waals surface area contributed by atoms with Crippen LogP contribution in [-0.2, 0) is 23.9 Å². The fourth-order valence-electron chi connectivity index (χ4n) is 1.08. The van der Waals surface area contributed by atoms with Crippen LogP contribution >= 0.6 is 0 Å². The number of carbonyl (C=O) groups is 3. The number of hydrogen-bond acceptors (Lipinski definition) is 6. The maximum absolute atomic E-state index is 11.3. The van der Waals surface area contributed by atoms with Crippen molar-refractivity contribution < 1.29 is 29.0 Å². The van der Waals surface area contributed by atoms with E-state index in [1.165, 1.54) is 7.11 Å². The number of aliphatic hydroxyl groups is 1. The molecule has 98 valence electrons. The van der Waals surface area contributed by atoms with Crippen molar-refractivity contribution in [2.45, 2.75) is 25.3 Å². The molecule has 0 spiro atoms. The Morgan fingerprint density at radius 1 is 1.18 bits per heavy atom. The molecule has 0 aromatic heterocycles. The summed E-state index contributed by atoms with van der Waals surface area (Å²) in [5, 5.41) is 11.1. The van der Waals surface area contributed by atoms with Crippen LogP contribution in [0.15, 0.2) is 0 Å². The molecule has 0 unspecified atom stereocenters. The molecule has 0 saturated carbocycles. The quantitative estimate of drug-likeness (QED) is 0.558. The number of hydrogen-bond donors (Lipinski definition) is 2. The van der Waals surface area contributed by atoms with E-state index in [1.807, 2.05) is 0 Å². The van der Waals surface area contributed by atoms with Crippen LogP contribution in [0.2, 0.25) is 0 Å². The molecule has 0 bridgehead atoms. The van der Waals surface area contributed by atoms with Crippen molar-refractivity contribution in [1.82, 2.24) is 5.32 Å². The molecule has 0 heterocycles. The van der Waals surface area contributed by atoms with E-state index in [0.717, 1.165) is 7.11 Å². The summed E-state index contributed by atoms with van der Waals surface area (Å²) >= 11 is 0. The predicted molar refractivity (Wildman–Crippen MR) is 56.9 cm³/mol. The number of ether oxygens (including phenoxy) is 2. The molecule has 2 N–H and O–H groups in total. The van der Waals surface area contributed by atoms with E-state index in [-0.39, 0.29) is 12.8 Å². The Hall–Kier alpha value is -1.63. The van der Waals surface area contributed by atoms with Gasteiger partial charge in [-0.05, 0) is 6.42 Å². The number of esters is 2. The lowest BCUT2D eigenvalue weighted by molar-refractivity contribution is -0.146. The van der Waals surface area contributed by atoms with Gasteiger partial charge in [0.05, 0.1) is 20.8 Å². The van der Waals surface area contributed by atoms with Gasteiger partial charge in [0.1, 0.15) is 0 Å². The SMILES string of the molecule is COC(=O)CCCC(=O)N[C@@H](CO)C(=O)OC. The highest BCUT2D eigenvalue weighted by molar-refractivity contribution is 5.84. The Balaban J connectivity index is 3.91. The monoisotopic (exact) mass is 247 g/mol. The zero-order chi connectivity index (χ0) is 13.3. The first-order chi connectivity index (χ1) is 8.04. The van der Waals surface area contributed by atoms with Crippen LogP contribution in [0, 0.1) is 0 Å². The van der Waals surface area contributed by atoms with Gasteiger partial charge in [-0.25, -0.2) is 4.79 Å². The van der Waals surface area contributed by atoms with Crippen LogP contribution in [0.3, 0.4) is 0 Å². The minimum atomic E-state index is -1.06. The number of carbonyl (C=O) groups excluding carboxylic acids is 3. The minimum absolute atomic E-state index is 0.0720. The van der Waals surface area contributed by atoms with E-state index in [2.05, 4.69) is 14.8 Å². The average molecular weight is 247 g/mol. The van der Waals surface area contributed by atoms with Crippen LogP contribution in [0.1, 0.15) is 19.3 Å². The summed E-state index contributed by atoms with van der Waals surface area (Å²) in [7, 11) is 2.43. The molecule has 0 saturated heterocycles. The summed E-state index contributed by atoms with van der Waals surface area (Å²) in [4.78, 5) is 33.1. The number of nitrogens with one attached hydrogen (secondary N) is 1. The third-order valence-electron chi connectivity index (χ3n) is 2.02. The Morgan fingerprint density at radius 2 is 1.82 bits per heavy atom. The van der Waals surface area contributed by atoms with Gasteiger partial charge in [0, 0.05) is 12.8 Å². The number of rotatable bonds is 7. The van der Waals surface area contributed by atoms with Crippen molar-refractivity contribution in [3.8, 4) is 0 Å². The minimum Gasteiger partial charge on any atom is -0.469 e. The number of methoxy groups -OCH3 is 2. The van der Waals surface area contributed by atoms with Crippen molar-refractivity contribution >= 4 is 17.8 Å². The van der Waals surface area contributed by atoms with Crippen LogP contribution in [0.25, 0.3) is 0 Å². The first kappa shape index (κ1) is 15.4. The second-order valence-electron chi connectivity index (χ2n) is 3.26. The van der Waals surface area contributed by atoms with Crippen molar-refractivity contribution in [2.75, 3.05) is 20.8 Å².